The smallest absolute Gasteiger partial charge is 0.253 e. The number of halogens is 2. The second-order valence-electron chi connectivity index (χ2n) is 6.42. The van der Waals surface area contributed by atoms with E-state index in [1.54, 1.807) is 16.8 Å². The van der Waals surface area contributed by atoms with Crippen molar-refractivity contribution in [2.24, 2.45) is 5.92 Å². The number of carbonyl (C=O) groups is 1. The monoisotopic (exact) mass is 431 g/mol. The predicted octanol–water partition coefficient (Wildman–Crippen LogP) is 4.03. The number of thiazole rings is 1. The lowest BCUT2D eigenvalue weighted by Crippen LogP contribution is -2.38. The summed E-state index contributed by atoms with van der Waals surface area (Å²) in [5.74, 6) is 1.54. The third-order valence-corrected chi connectivity index (χ3v) is 5.29. The van der Waals surface area contributed by atoms with Crippen molar-refractivity contribution in [3.05, 3.63) is 46.4 Å². The zero-order chi connectivity index (χ0) is 17.5. The SMILES string of the molecule is CNCCC1CCN(C(=O)c2cccc(OCc3cscn3)c2)CC1.Cl.Cl. The molecule has 0 aliphatic carbocycles. The number of likely N-dealkylation sites (tertiary alicyclic amines) is 1. The molecule has 0 unspecified atom stereocenters. The molecule has 1 aliphatic rings. The quantitative estimate of drug-likeness (QED) is 0.718. The molecular formula is C19H27Cl2N3O2S. The van der Waals surface area contributed by atoms with Crippen LogP contribution in [-0.4, -0.2) is 42.5 Å². The summed E-state index contributed by atoms with van der Waals surface area (Å²) in [4.78, 5) is 18.9. The van der Waals surface area contributed by atoms with Gasteiger partial charge in [-0.15, -0.1) is 36.2 Å². The molecule has 1 fully saturated rings. The predicted molar refractivity (Wildman–Crippen MR) is 115 cm³/mol. The second kappa shape index (κ2) is 12.2. The lowest BCUT2D eigenvalue weighted by molar-refractivity contribution is 0.0686. The van der Waals surface area contributed by atoms with Crippen LogP contribution in [0.2, 0.25) is 0 Å². The number of amides is 1. The van der Waals surface area contributed by atoms with Gasteiger partial charge in [-0.3, -0.25) is 4.79 Å². The van der Waals surface area contributed by atoms with Gasteiger partial charge in [0, 0.05) is 24.0 Å². The van der Waals surface area contributed by atoms with Gasteiger partial charge in [0.1, 0.15) is 12.4 Å². The standard InChI is InChI=1S/C19H25N3O2S.2ClH/c1-20-8-5-15-6-9-22(10-7-15)19(23)16-3-2-4-18(11-16)24-12-17-13-25-14-21-17;;/h2-4,11,13-15,20H,5-10,12H2,1H3;2*1H. The van der Waals surface area contributed by atoms with Gasteiger partial charge >= 0.3 is 0 Å². The van der Waals surface area contributed by atoms with Crippen molar-refractivity contribution in [2.75, 3.05) is 26.7 Å². The van der Waals surface area contributed by atoms with E-state index in [1.165, 1.54) is 6.42 Å². The molecule has 1 saturated heterocycles. The minimum absolute atomic E-state index is 0. The molecule has 150 valence electrons. The van der Waals surface area contributed by atoms with Gasteiger partial charge in [0.25, 0.3) is 5.91 Å². The third-order valence-electron chi connectivity index (χ3n) is 4.66. The number of carbonyl (C=O) groups excluding carboxylic acids is 1. The van der Waals surface area contributed by atoms with Gasteiger partial charge in [-0.05, 0) is 57.0 Å². The van der Waals surface area contributed by atoms with E-state index < -0.39 is 0 Å². The zero-order valence-electron chi connectivity index (χ0n) is 15.4. The summed E-state index contributed by atoms with van der Waals surface area (Å²) in [6.07, 6.45) is 3.37. The Morgan fingerprint density at radius 2 is 2.11 bits per heavy atom. The average Bonchev–Trinajstić information content (AvgIpc) is 3.18. The lowest BCUT2D eigenvalue weighted by Gasteiger charge is -2.32. The average molecular weight is 432 g/mol. The van der Waals surface area contributed by atoms with Crippen molar-refractivity contribution in [2.45, 2.75) is 25.9 Å². The van der Waals surface area contributed by atoms with Crippen LogP contribution in [0.5, 0.6) is 5.75 Å². The van der Waals surface area contributed by atoms with E-state index in [2.05, 4.69) is 10.3 Å². The first-order valence-electron chi connectivity index (χ1n) is 8.80. The Morgan fingerprint density at radius 1 is 1.33 bits per heavy atom. The highest BCUT2D eigenvalue weighted by Crippen LogP contribution is 2.23. The van der Waals surface area contributed by atoms with Gasteiger partial charge in [0.15, 0.2) is 0 Å². The van der Waals surface area contributed by atoms with Crippen molar-refractivity contribution in [3.8, 4) is 5.75 Å². The summed E-state index contributed by atoms with van der Waals surface area (Å²) >= 11 is 1.55. The fourth-order valence-electron chi connectivity index (χ4n) is 3.14. The molecule has 3 rings (SSSR count). The molecule has 1 aliphatic heterocycles. The van der Waals surface area contributed by atoms with Crippen LogP contribution in [0.4, 0.5) is 0 Å². The highest BCUT2D eigenvalue weighted by Gasteiger charge is 2.23. The Bertz CT molecular complexity index is 677. The Labute approximate surface area is 177 Å². The van der Waals surface area contributed by atoms with Crippen LogP contribution in [0.25, 0.3) is 0 Å². The summed E-state index contributed by atoms with van der Waals surface area (Å²) in [5.41, 5.74) is 3.40. The van der Waals surface area contributed by atoms with E-state index in [-0.39, 0.29) is 30.7 Å². The molecule has 2 heterocycles. The molecule has 0 radical (unpaired) electrons. The molecule has 0 bridgehead atoms. The molecule has 0 atom stereocenters. The Hall–Kier alpha value is -1.34. The number of hydrogen-bond donors (Lipinski definition) is 1. The van der Waals surface area contributed by atoms with Gasteiger partial charge in [-0.1, -0.05) is 6.07 Å². The number of nitrogens with zero attached hydrogens (tertiary/aromatic N) is 2. The number of benzene rings is 1. The van der Waals surface area contributed by atoms with Crippen LogP contribution in [-0.2, 0) is 6.61 Å². The van der Waals surface area contributed by atoms with E-state index in [0.29, 0.717) is 17.9 Å². The normalized spacial score (nSPS) is 14.2. The summed E-state index contributed by atoms with van der Waals surface area (Å²) in [6.45, 7) is 3.17. The number of piperidine rings is 1. The molecule has 1 aromatic carbocycles. The molecule has 5 nitrogen and oxygen atoms in total. The van der Waals surface area contributed by atoms with Crippen molar-refractivity contribution in [3.63, 3.8) is 0 Å². The van der Waals surface area contributed by atoms with E-state index in [9.17, 15) is 4.79 Å². The number of hydrogen-bond acceptors (Lipinski definition) is 5. The maximum Gasteiger partial charge on any atom is 0.253 e. The van der Waals surface area contributed by atoms with E-state index in [1.807, 2.05) is 41.6 Å². The van der Waals surface area contributed by atoms with Crippen LogP contribution in [0, 0.1) is 5.92 Å². The summed E-state index contributed by atoms with van der Waals surface area (Å²) in [6, 6.07) is 7.46. The van der Waals surface area contributed by atoms with E-state index in [0.717, 1.165) is 44.1 Å². The van der Waals surface area contributed by atoms with Gasteiger partial charge < -0.3 is 15.0 Å². The molecule has 0 spiro atoms. The summed E-state index contributed by atoms with van der Waals surface area (Å²) in [5, 5.41) is 5.17. The van der Waals surface area contributed by atoms with Gasteiger partial charge in [0.05, 0.1) is 11.2 Å². The second-order valence-corrected chi connectivity index (χ2v) is 7.14. The van der Waals surface area contributed by atoms with Crippen LogP contribution in [0.1, 0.15) is 35.3 Å². The van der Waals surface area contributed by atoms with Gasteiger partial charge in [-0.2, -0.15) is 0 Å². The van der Waals surface area contributed by atoms with Crippen molar-refractivity contribution >= 4 is 42.1 Å². The van der Waals surface area contributed by atoms with Crippen LogP contribution in [0.3, 0.4) is 0 Å². The highest BCUT2D eigenvalue weighted by atomic mass is 35.5. The van der Waals surface area contributed by atoms with Gasteiger partial charge in [-0.25, -0.2) is 4.98 Å². The number of nitrogens with one attached hydrogen (secondary N) is 1. The van der Waals surface area contributed by atoms with Crippen molar-refractivity contribution < 1.29 is 9.53 Å². The maximum absolute atomic E-state index is 12.8. The largest absolute Gasteiger partial charge is 0.487 e. The summed E-state index contributed by atoms with van der Waals surface area (Å²) < 4.78 is 5.76. The molecule has 1 aromatic heterocycles. The topological polar surface area (TPSA) is 54.5 Å². The molecule has 1 N–H and O–H groups in total. The molecular weight excluding hydrogens is 405 g/mol. The minimum atomic E-state index is 0. The molecule has 1 amide bonds. The van der Waals surface area contributed by atoms with Crippen molar-refractivity contribution in [1.29, 1.82) is 0 Å². The number of rotatable bonds is 7. The Balaban J connectivity index is 0.00000182. The molecule has 0 saturated carbocycles. The third kappa shape index (κ3) is 6.96. The molecule has 2 aromatic rings. The fraction of sp³-hybridized carbons (Fsp3) is 0.474. The highest BCUT2D eigenvalue weighted by molar-refractivity contribution is 7.07. The first-order valence-corrected chi connectivity index (χ1v) is 9.74. The number of ether oxygens (including phenoxy) is 1. The molecule has 27 heavy (non-hydrogen) atoms. The summed E-state index contributed by atoms with van der Waals surface area (Å²) in [7, 11) is 1.99. The van der Waals surface area contributed by atoms with Crippen LogP contribution < -0.4 is 10.1 Å². The van der Waals surface area contributed by atoms with Gasteiger partial charge in [0.2, 0.25) is 0 Å². The fourth-order valence-corrected chi connectivity index (χ4v) is 3.68. The lowest BCUT2D eigenvalue weighted by atomic mass is 9.93. The molecule has 8 heteroatoms. The first kappa shape index (κ1) is 23.7. The maximum atomic E-state index is 12.8. The van der Waals surface area contributed by atoms with Crippen LogP contribution in [0.15, 0.2) is 35.2 Å². The van der Waals surface area contributed by atoms with E-state index in [4.69, 9.17) is 4.74 Å². The Kier molecular flexibility index (Phi) is 10.7. The Morgan fingerprint density at radius 3 is 2.78 bits per heavy atom. The zero-order valence-corrected chi connectivity index (χ0v) is 17.9. The van der Waals surface area contributed by atoms with Crippen molar-refractivity contribution in [1.82, 2.24) is 15.2 Å². The minimum Gasteiger partial charge on any atom is -0.487 e. The first-order chi connectivity index (χ1) is 12.3. The number of aromatic nitrogens is 1. The van der Waals surface area contributed by atoms with Crippen LogP contribution >= 0.6 is 36.2 Å². The van der Waals surface area contributed by atoms with E-state index >= 15 is 0 Å².